The molecule has 0 saturated carbocycles. The number of rotatable bonds is 3. The van der Waals surface area contributed by atoms with E-state index in [0.29, 0.717) is 17.1 Å². The first-order valence-electron chi connectivity index (χ1n) is 5.30. The molecule has 90 valence electrons. The van der Waals surface area contributed by atoms with Crippen LogP contribution < -0.4 is 4.74 Å². The second-order valence-electron chi connectivity index (χ2n) is 3.65. The summed E-state index contributed by atoms with van der Waals surface area (Å²) < 4.78 is 6.48. The van der Waals surface area contributed by atoms with Gasteiger partial charge in [-0.3, -0.25) is 0 Å². The second kappa shape index (κ2) is 5.67. The molecule has 0 unspecified atom stereocenters. The van der Waals surface area contributed by atoms with Crippen LogP contribution in [-0.2, 0) is 6.61 Å². The number of ether oxygens (including phenoxy) is 1. The summed E-state index contributed by atoms with van der Waals surface area (Å²) in [7, 11) is 0. The molecule has 3 nitrogen and oxygen atoms in total. The van der Waals surface area contributed by atoms with Gasteiger partial charge >= 0.3 is 0 Å². The number of aliphatic hydroxyl groups is 1. The van der Waals surface area contributed by atoms with Crippen molar-refractivity contribution < 1.29 is 9.84 Å². The molecule has 0 bridgehead atoms. The Bertz CT molecular complexity index is 588. The van der Waals surface area contributed by atoms with Crippen LogP contribution in [0.1, 0.15) is 11.1 Å². The highest BCUT2D eigenvalue weighted by Gasteiger charge is 2.03. The number of halogens is 1. The number of nitrogens with zero attached hydrogens (tertiary/aromatic N) is 1. The fourth-order valence-corrected chi connectivity index (χ4v) is 1.84. The molecule has 2 rings (SSSR count). The number of hydrogen-bond donors (Lipinski definition) is 1. The van der Waals surface area contributed by atoms with Crippen LogP contribution in [0.25, 0.3) is 0 Å². The molecular formula is C14H10BrNO2. The fraction of sp³-hybridized carbons (Fsp3) is 0.0714. The Morgan fingerprint density at radius 2 is 1.78 bits per heavy atom. The molecule has 0 aliphatic heterocycles. The monoisotopic (exact) mass is 303 g/mol. The molecule has 18 heavy (non-hydrogen) atoms. The molecule has 0 fully saturated rings. The maximum absolute atomic E-state index is 9.16. The summed E-state index contributed by atoms with van der Waals surface area (Å²) >= 11 is 3.34. The van der Waals surface area contributed by atoms with Gasteiger partial charge < -0.3 is 9.84 Å². The molecule has 0 aliphatic rings. The Labute approximate surface area is 113 Å². The van der Waals surface area contributed by atoms with Gasteiger partial charge in [-0.2, -0.15) is 5.26 Å². The molecule has 0 aromatic heterocycles. The largest absolute Gasteiger partial charge is 0.457 e. The minimum Gasteiger partial charge on any atom is -0.457 e. The van der Waals surface area contributed by atoms with Crippen molar-refractivity contribution in [3.05, 3.63) is 58.1 Å². The van der Waals surface area contributed by atoms with Crippen LogP contribution in [0.5, 0.6) is 11.5 Å². The van der Waals surface area contributed by atoms with Gasteiger partial charge in [0.25, 0.3) is 0 Å². The zero-order chi connectivity index (χ0) is 13.0. The predicted octanol–water partition coefficient (Wildman–Crippen LogP) is 3.61. The van der Waals surface area contributed by atoms with E-state index in [1.54, 1.807) is 36.4 Å². The SMILES string of the molecule is N#Cc1ccc(Oc2ccc(Br)c(CO)c2)cc1. The van der Waals surface area contributed by atoms with Crippen molar-refractivity contribution in [1.29, 1.82) is 5.26 Å². The smallest absolute Gasteiger partial charge is 0.127 e. The van der Waals surface area contributed by atoms with Crippen molar-refractivity contribution in [2.24, 2.45) is 0 Å². The van der Waals surface area contributed by atoms with E-state index in [1.807, 2.05) is 12.1 Å². The van der Waals surface area contributed by atoms with E-state index < -0.39 is 0 Å². The van der Waals surface area contributed by atoms with Gasteiger partial charge in [0.15, 0.2) is 0 Å². The fourth-order valence-electron chi connectivity index (χ4n) is 1.47. The lowest BCUT2D eigenvalue weighted by atomic mass is 10.2. The van der Waals surface area contributed by atoms with Crippen LogP contribution in [-0.4, -0.2) is 5.11 Å². The molecule has 0 saturated heterocycles. The summed E-state index contributed by atoms with van der Waals surface area (Å²) in [4.78, 5) is 0. The van der Waals surface area contributed by atoms with E-state index in [-0.39, 0.29) is 6.61 Å². The van der Waals surface area contributed by atoms with Gasteiger partial charge in [-0.25, -0.2) is 0 Å². The Hall–Kier alpha value is -1.83. The number of benzene rings is 2. The Morgan fingerprint density at radius 3 is 2.39 bits per heavy atom. The summed E-state index contributed by atoms with van der Waals surface area (Å²) in [5.74, 6) is 1.30. The lowest BCUT2D eigenvalue weighted by molar-refractivity contribution is 0.280. The normalized spacial score (nSPS) is 9.83. The third kappa shape index (κ3) is 2.89. The van der Waals surface area contributed by atoms with E-state index in [1.165, 1.54) is 0 Å². The minimum atomic E-state index is -0.0504. The Balaban J connectivity index is 2.20. The maximum atomic E-state index is 9.16. The molecule has 2 aromatic rings. The predicted molar refractivity (Wildman–Crippen MR) is 71.3 cm³/mol. The number of hydrogen-bond acceptors (Lipinski definition) is 3. The van der Waals surface area contributed by atoms with Crippen LogP contribution in [0.3, 0.4) is 0 Å². The van der Waals surface area contributed by atoms with E-state index in [0.717, 1.165) is 10.0 Å². The zero-order valence-corrected chi connectivity index (χ0v) is 11.0. The van der Waals surface area contributed by atoms with Gasteiger partial charge in [0.05, 0.1) is 18.2 Å². The van der Waals surface area contributed by atoms with Crippen molar-refractivity contribution in [1.82, 2.24) is 0 Å². The first kappa shape index (κ1) is 12.6. The third-order valence-electron chi connectivity index (χ3n) is 2.41. The average Bonchev–Trinajstić information content (AvgIpc) is 2.42. The van der Waals surface area contributed by atoms with Crippen molar-refractivity contribution in [3.8, 4) is 17.6 Å². The molecule has 0 aliphatic carbocycles. The van der Waals surface area contributed by atoms with Crippen LogP contribution in [0, 0.1) is 11.3 Å². The molecule has 0 amide bonds. The summed E-state index contributed by atoms with van der Waals surface area (Å²) in [5.41, 5.74) is 1.36. The lowest BCUT2D eigenvalue weighted by Gasteiger charge is -2.08. The van der Waals surface area contributed by atoms with Gasteiger partial charge in [0.2, 0.25) is 0 Å². The summed E-state index contributed by atoms with van der Waals surface area (Å²) in [6, 6.07) is 14.3. The average molecular weight is 304 g/mol. The van der Waals surface area contributed by atoms with Gasteiger partial charge in [-0.15, -0.1) is 0 Å². The van der Waals surface area contributed by atoms with Gasteiger partial charge in [0.1, 0.15) is 11.5 Å². The van der Waals surface area contributed by atoms with Gasteiger partial charge in [-0.05, 0) is 48.0 Å². The third-order valence-corrected chi connectivity index (χ3v) is 3.18. The van der Waals surface area contributed by atoms with E-state index >= 15 is 0 Å². The van der Waals surface area contributed by atoms with Gasteiger partial charge in [0, 0.05) is 4.47 Å². The van der Waals surface area contributed by atoms with Crippen LogP contribution in [0.2, 0.25) is 0 Å². The Morgan fingerprint density at radius 1 is 1.11 bits per heavy atom. The first-order valence-corrected chi connectivity index (χ1v) is 6.09. The number of nitriles is 1. The zero-order valence-electron chi connectivity index (χ0n) is 9.43. The maximum Gasteiger partial charge on any atom is 0.127 e. The van der Waals surface area contributed by atoms with Crippen molar-refractivity contribution >= 4 is 15.9 Å². The molecule has 0 spiro atoms. The molecule has 0 radical (unpaired) electrons. The molecule has 0 heterocycles. The standard InChI is InChI=1S/C14H10BrNO2/c15-14-6-5-13(7-11(14)9-17)18-12-3-1-10(8-16)2-4-12/h1-7,17H,9H2. The Kier molecular flexibility index (Phi) is 3.98. The molecule has 0 atom stereocenters. The van der Waals surface area contributed by atoms with E-state index in [4.69, 9.17) is 15.1 Å². The quantitative estimate of drug-likeness (QED) is 0.942. The minimum absolute atomic E-state index is 0.0504. The molecular weight excluding hydrogens is 294 g/mol. The second-order valence-corrected chi connectivity index (χ2v) is 4.50. The topological polar surface area (TPSA) is 53.2 Å². The van der Waals surface area contributed by atoms with Crippen LogP contribution in [0.4, 0.5) is 0 Å². The van der Waals surface area contributed by atoms with Crippen molar-refractivity contribution in [2.75, 3.05) is 0 Å². The van der Waals surface area contributed by atoms with E-state index in [2.05, 4.69) is 15.9 Å². The van der Waals surface area contributed by atoms with Crippen molar-refractivity contribution in [2.45, 2.75) is 6.61 Å². The molecule has 1 N–H and O–H groups in total. The lowest BCUT2D eigenvalue weighted by Crippen LogP contribution is -1.89. The molecule has 2 aromatic carbocycles. The summed E-state index contributed by atoms with van der Waals surface area (Å²) in [6.45, 7) is -0.0504. The first-order chi connectivity index (χ1) is 8.72. The highest BCUT2D eigenvalue weighted by molar-refractivity contribution is 9.10. The van der Waals surface area contributed by atoms with Crippen molar-refractivity contribution in [3.63, 3.8) is 0 Å². The molecule has 4 heteroatoms. The van der Waals surface area contributed by atoms with Crippen LogP contribution in [0.15, 0.2) is 46.9 Å². The summed E-state index contributed by atoms with van der Waals surface area (Å²) in [5, 5.41) is 17.8. The van der Waals surface area contributed by atoms with Crippen LogP contribution >= 0.6 is 15.9 Å². The van der Waals surface area contributed by atoms with E-state index in [9.17, 15) is 0 Å². The highest BCUT2D eigenvalue weighted by atomic mass is 79.9. The summed E-state index contributed by atoms with van der Waals surface area (Å²) in [6.07, 6.45) is 0. The highest BCUT2D eigenvalue weighted by Crippen LogP contribution is 2.26. The van der Waals surface area contributed by atoms with Gasteiger partial charge in [-0.1, -0.05) is 15.9 Å². The number of aliphatic hydroxyl groups excluding tert-OH is 1.